The molecule has 0 spiro atoms. The van der Waals surface area contributed by atoms with E-state index in [1.807, 2.05) is 6.92 Å². The fraction of sp³-hybridized carbons (Fsp3) is 1.00. The second kappa shape index (κ2) is 4.01. The maximum Gasteiger partial charge on any atom is 0.137 e. The summed E-state index contributed by atoms with van der Waals surface area (Å²) in [5.41, 5.74) is 0.192. The monoisotopic (exact) mass is 214 g/mol. The Hall–Kier alpha value is -0.160. The van der Waals surface area contributed by atoms with Crippen LogP contribution in [0.1, 0.15) is 27.7 Å². The van der Waals surface area contributed by atoms with Gasteiger partial charge in [-0.2, -0.15) is 0 Å². The van der Waals surface area contributed by atoms with E-state index < -0.39 is 0 Å². The number of ether oxygens (including phenoxy) is 2. The third-order valence-corrected chi connectivity index (χ3v) is 2.98. The normalized spacial score (nSPS) is 42.4. The first-order valence-electron chi connectivity index (χ1n) is 5.73. The molecule has 4 atom stereocenters. The topological polar surface area (TPSA) is 42.5 Å². The fourth-order valence-corrected chi connectivity index (χ4v) is 2.08. The summed E-state index contributed by atoms with van der Waals surface area (Å²) in [6, 6.07) is 0. The zero-order valence-electron chi connectivity index (χ0n) is 10.0. The SMILES string of the molecule is C[C@H]1COC2NC(C(C)(C)C)NCC2O1. The highest BCUT2D eigenvalue weighted by Crippen LogP contribution is 2.23. The minimum atomic E-state index is 0.0478. The van der Waals surface area contributed by atoms with Gasteiger partial charge in [0, 0.05) is 6.54 Å². The van der Waals surface area contributed by atoms with Crippen LogP contribution in [-0.2, 0) is 9.47 Å². The van der Waals surface area contributed by atoms with E-state index in [2.05, 4.69) is 31.4 Å². The molecule has 2 aliphatic heterocycles. The number of rotatable bonds is 0. The molecule has 4 heteroatoms. The maximum absolute atomic E-state index is 5.80. The summed E-state index contributed by atoms with van der Waals surface area (Å²) in [5, 5.41) is 6.92. The largest absolute Gasteiger partial charge is 0.367 e. The molecule has 0 amide bonds. The molecule has 0 radical (unpaired) electrons. The molecule has 0 aromatic carbocycles. The molecule has 88 valence electrons. The Kier molecular flexibility index (Phi) is 3.03. The van der Waals surface area contributed by atoms with E-state index in [1.54, 1.807) is 0 Å². The van der Waals surface area contributed by atoms with Gasteiger partial charge in [-0.15, -0.1) is 0 Å². The van der Waals surface area contributed by atoms with Gasteiger partial charge >= 0.3 is 0 Å². The molecule has 2 rings (SSSR count). The third-order valence-electron chi connectivity index (χ3n) is 2.98. The van der Waals surface area contributed by atoms with Crippen molar-refractivity contribution >= 4 is 0 Å². The lowest BCUT2D eigenvalue weighted by atomic mass is 9.90. The minimum Gasteiger partial charge on any atom is -0.367 e. The van der Waals surface area contributed by atoms with Crippen LogP contribution in [-0.4, -0.2) is 37.8 Å². The van der Waals surface area contributed by atoms with Gasteiger partial charge in [0.15, 0.2) is 0 Å². The first-order valence-corrected chi connectivity index (χ1v) is 5.73. The Labute approximate surface area is 91.7 Å². The molecule has 4 nitrogen and oxygen atoms in total. The van der Waals surface area contributed by atoms with Gasteiger partial charge in [-0.05, 0) is 12.3 Å². The van der Waals surface area contributed by atoms with Gasteiger partial charge in [0.1, 0.15) is 12.3 Å². The number of hydrogen-bond acceptors (Lipinski definition) is 4. The summed E-state index contributed by atoms with van der Waals surface area (Å²) in [6.07, 6.45) is 0.691. The van der Waals surface area contributed by atoms with Crippen molar-refractivity contribution in [3.8, 4) is 0 Å². The smallest absolute Gasteiger partial charge is 0.137 e. The highest BCUT2D eigenvalue weighted by molar-refractivity contribution is 4.90. The molecule has 0 bridgehead atoms. The highest BCUT2D eigenvalue weighted by atomic mass is 16.6. The molecule has 0 aromatic heterocycles. The van der Waals surface area contributed by atoms with Crippen LogP contribution < -0.4 is 10.6 Å². The standard InChI is InChI=1S/C11H22N2O2/c1-7-6-14-9-8(15-7)5-12-10(13-9)11(2,3)4/h7-10,12-13H,5-6H2,1-4H3/t7-,8?,9?,10?/m0/s1. The summed E-state index contributed by atoms with van der Waals surface area (Å²) >= 11 is 0. The molecule has 2 N–H and O–H groups in total. The van der Waals surface area contributed by atoms with Gasteiger partial charge in [0.05, 0.1) is 18.9 Å². The van der Waals surface area contributed by atoms with Crippen molar-refractivity contribution in [2.45, 2.75) is 52.3 Å². The summed E-state index contributed by atoms with van der Waals surface area (Å²) in [6.45, 7) is 10.2. The van der Waals surface area contributed by atoms with E-state index >= 15 is 0 Å². The average Bonchev–Trinajstić information content (AvgIpc) is 2.15. The first kappa shape index (κ1) is 11.3. The Bertz CT molecular complexity index is 227. The Morgan fingerprint density at radius 2 is 2.00 bits per heavy atom. The average molecular weight is 214 g/mol. The Morgan fingerprint density at radius 1 is 1.27 bits per heavy atom. The van der Waals surface area contributed by atoms with Crippen LogP contribution in [0.25, 0.3) is 0 Å². The summed E-state index contributed by atoms with van der Waals surface area (Å²) in [7, 11) is 0. The van der Waals surface area contributed by atoms with Gasteiger partial charge in [-0.3, -0.25) is 10.6 Å². The third kappa shape index (κ3) is 2.50. The first-order chi connectivity index (χ1) is 6.97. The molecule has 0 aliphatic carbocycles. The molecule has 2 fully saturated rings. The summed E-state index contributed by atoms with van der Waals surface area (Å²) < 4.78 is 11.5. The highest BCUT2D eigenvalue weighted by Gasteiger charge is 2.39. The van der Waals surface area contributed by atoms with Crippen molar-refractivity contribution in [2.75, 3.05) is 13.2 Å². The van der Waals surface area contributed by atoms with Crippen molar-refractivity contribution < 1.29 is 9.47 Å². The van der Waals surface area contributed by atoms with E-state index in [0.717, 1.165) is 6.54 Å². The quantitative estimate of drug-likeness (QED) is 0.622. The van der Waals surface area contributed by atoms with Crippen LogP contribution in [0.2, 0.25) is 0 Å². The predicted molar refractivity (Wildman–Crippen MR) is 58.5 cm³/mol. The summed E-state index contributed by atoms with van der Waals surface area (Å²) in [4.78, 5) is 0. The molecule has 2 heterocycles. The molecule has 0 saturated carbocycles. The van der Waals surface area contributed by atoms with Crippen LogP contribution in [0.4, 0.5) is 0 Å². The Balaban J connectivity index is 1.95. The molecule has 0 aromatic rings. The van der Waals surface area contributed by atoms with Crippen molar-refractivity contribution in [1.82, 2.24) is 10.6 Å². The van der Waals surface area contributed by atoms with Gasteiger partial charge in [0.25, 0.3) is 0 Å². The van der Waals surface area contributed by atoms with E-state index in [0.29, 0.717) is 6.61 Å². The van der Waals surface area contributed by atoms with Crippen molar-refractivity contribution in [3.63, 3.8) is 0 Å². The van der Waals surface area contributed by atoms with Crippen LogP contribution in [0.5, 0.6) is 0 Å². The lowest BCUT2D eigenvalue weighted by molar-refractivity contribution is -0.201. The lowest BCUT2D eigenvalue weighted by Crippen LogP contribution is -2.68. The maximum atomic E-state index is 5.80. The molecule has 2 saturated heterocycles. The molecular formula is C11H22N2O2. The fourth-order valence-electron chi connectivity index (χ4n) is 2.08. The van der Waals surface area contributed by atoms with Crippen molar-refractivity contribution in [2.24, 2.45) is 5.41 Å². The second-order valence-corrected chi connectivity index (χ2v) is 5.61. The van der Waals surface area contributed by atoms with Gasteiger partial charge in [0.2, 0.25) is 0 Å². The van der Waals surface area contributed by atoms with Gasteiger partial charge < -0.3 is 9.47 Å². The zero-order valence-corrected chi connectivity index (χ0v) is 10.0. The second-order valence-electron chi connectivity index (χ2n) is 5.61. The van der Waals surface area contributed by atoms with Gasteiger partial charge in [-0.25, -0.2) is 0 Å². The van der Waals surface area contributed by atoms with E-state index in [4.69, 9.17) is 9.47 Å². The number of fused-ring (bicyclic) bond motifs is 1. The number of hydrogen-bond donors (Lipinski definition) is 2. The summed E-state index contributed by atoms with van der Waals surface area (Å²) in [5.74, 6) is 0. The van der Waals surface area contributed by atoms with Crippen LogP contribution in [0.3, 0.4) is 0 Å². The van der Waals surface area contributed by atoms with Crippen LogP contribution in [0, 0.1) is 5.41 Å². The lowest BCUT2D eigenvalue weighted by Gasteiger charge is -2.46. The predicted octanol–water partition coefficient (Wildman–Crippen LogP) is 0.681. The van der Waals surface area contributed by atoms with E-state index in [9.17, 15) is 0 Å². The van der Waals surface area contributed by atoms with Crippen molar-refractivity contribution in [1.29, 1.82) is 0 Å². The molecule has 2 aliphatic rings. The zero-order chi connectivity index (χ0) is 11.1. The van der Waals surface area contributed by atoms with Crippen LogP contribution in [0.15, 0.2) is 0 Å². The van der Waals surface area contributed by atoms with Gasteiger partial charge in [-0.1, -0.05) is 20.8 Å². The Morgan fingerprint density at radius 3 is 2.67 bits per heavy atom. The molecular weight excluding hydrogens is 192 g/mol. The molecule has 15 heavy (non-hydrogen) atoms. The minimum absolute atomic E-state index is 0.0478. The molecule has 3 unspecified atom stereocenters. The number of nitrogens with one attached hydrogen (secondary N) is 2. The van der Waals surface area contributed by atoms with E-state index in [-0.39, 0.29) is 30.0 Å². The van der Waals surface area contributed by atoms with Crippen LogP contribution >= 0.6 is 0 Å². The van der Waals surface area contributed by atoms with Crippen molar-refractivity contribution in [3.05, 3.63) is 0 Å². The van der Waals surface area contributed by atoms with E-state index in [1.165, 1.54) is 0 Å².